The Balaban J connectivity index is 3.87. The lowest BCUT2D eigenvalue weighted by molar-refractivity contribution is 0.238. The first-order chi connectivity index (χ1) is 6.72. The van der Waals surface area contributed by atoms with E-state index in [-0.39, 0.29) is 0 Å². The SMILES string of the molecule is CC(C)CC(CNCC(C)(C)C)N(C)C. The van der Waals surface area contributed by atoms with Crippen LogP contribution in [0, 0.1) is 11.3 Å². The molecule has 0 heterocycles. The number of hydrogen-bond donors (Lipinski definition) is 1. The molecule has 1 atom stereocenters. The molecule has 0 radical (unpaired) electrons. The van der Waals surface area contributed by atoms with Crippen molar-refractivity contribution < 1.29 is 0 Å². The van der Waals surface area contributed by atoms with E-state index in [1.807, 2.05) is 0 Å². The molecule has 2 heteroatoms. The van der Waals surface area contributed by atoms with Crippen molar-refractivity contribution in [3.63, 3.8) is 0 Å². The van der Waals surface area contributed by atoms with Crippen molar-refractivity contribution in [1.29, 1.82) is 0 Å². The fourth-order valence-corrected chi connectivity index (χ4v) is 1.63. The predicted octanol–water partition coefficient (Wildman–Crippen LogP) is 2.60. The molecule has 0 aliphatic heterocycles. The summed E-state index contributed by atoms with van der Waals surface area (Å²) in [5.41, 5.74) is 0.384. The molecule has 0 aromatic heterocycles. The maximum absolute atomic E-state index is 3.57. The molecule has 2 nitrogen and oxygen atoms in total. The zero-order valence-electron chi connectivity index (χ0n) is 11.7. The third-order valence-electron chi connectivity index (χ3n) is 2.51. The molecule has 0 aromatic carbocycles. The second-order valence-electron chi connectivity index (χ2n) is 6.44. The maximum Gasteiger partial charge on any atom is 0.0216 e. The average molecular weight is 214 g/mol. The van der Waals surface area contributed by atoms with Gasteiger partial charge in [0, 0.05) is 19.1 Å². The van der Waals surface area contributed by atoms with Crippen molar-refractivity contribution in [3.8, 4) is 0 Å². The van der Waals surface area contributed by atoms with Crippen molar-refractivity contribution in [2.24, 2.45) is 11.3 Å². The molecule has 0 saturated heterocycles. The van der Waals surface area contributed by atoms with Crippen LogP contribution in [0.2, 0.25) is 0 Å². The van der Waals surface area contributed by atoms with Crippen LogP contribution in [0.3, 0.4) is 0 Å². The molecule has 0 rings (SSSR count). The summed E-state index contributed by atoms with van der Waals surface area (Å²) in [5, 5.41) is 3.57. The van der Waals surface area contributed by atoms with Crippen LogP contribution in [-0.4, -0.2) is 38.1 Å². The number of nitrogens with zero attached hydrogens (tertiary/aromatic N) is 1. The number of likely N-dealkylation sites (N-methyl/N-ethyl adjacent to an activating group) is 1. The van der Waals surface area contributed by atoms with Crippen molar-refractivity contribution in [2.75, 3.05) is 27.2 Å². The molecule has 0 aliphatic rings. The molecule has 92 valence electrons. The van der Waals surface area contributed by atoms with Gasteiger partial charge in [0.15, 0.2) is 0 Å². The Hall–Kier alpha value is -0.0800. The van der Waals surface area contributed by atoms with E-state index >= 15 is 0 Å². The van der Waals surface area contributed by atoms with E-state index in [9.17, 15) is 0 Å². The zero-order valence-corrected chi connectivity index (χ0v) is 11.7. The molecular formula is C13H30N2. The second kappa shape index (κ2) is 6.49. The Morgan fingerprint density at radius 3 is 2.00 bits per heavy atom. The molecule has 15 heavy (non-hydrogen) atoms. The Morgan fingerprint density at radius 1 is 1.13 bits per heavy atom. The largest absolute Gasteiger partial charge is 0.315 e. The van der Waals surface area contributed by atoms with E-state index in [1.165, 1.54) is 6.42 Å². The molecule has 0 aliphatic carbocycles. The van der Waals surface area contributed by atoms with Crippen molar-refractivity contribution in [2.45, 2.75) is 47.1 Å². The van der Waals surface area contributed by atoms with Gasteiger partial charge in [-0.1, -0.05) is 34.6 Å². The van der Waals surface area contributed by atoms with Crippen LogP contribution in [-0.2, 0) is 0 Å². The first-order valence-corrected chi connectivity index (χ1v) is 6.09. The minimum absolute atomic E-state index is 0.384. The lowest BCUT2D eigenvalue weighted by Crippen LogP contribution is -2.41. The van der Waals surface area contributed by atoms with Crippen LogP contribution < -0.4 is 5.32 Å². The van der Waals surface area contributed by atoms with Crippen molar-refractivity contribution >= 4 is 0 Å². The molecule has 0 fully saturated rings. The van der Waals surface area contributed by atoms with Crippen LogP contribution in [0.25, 0.3) is 0 Å². The van der Waals surface area contributed by atoms with Crippen LogP contribution >= 0.6 is 0 Å². The molecule has 0 bridgehead atoms. The van der Waals surface area contributed by atoms with Gasteiger partial charge in [-0.05, 0) is 31.8 Å². The van der Waals surface area contributed by atoms with Gasteiger partial charge >= 0.3 is 0 Å². The average Bonchev–Trinajstić information content (AvgIpc) is 1.99. The third kappa shape index (κ3) is 8.88. The topological polar surface area (TPSA) is 15.3 Å². The molecule has 1 N–H and O–H groups in total. The van der Waals surface area contributed by atoms with Gasteiger partial charge in [0.2, 0.25) is 0 Å². The normalized spacial score (nSPS) is 15.0. The van der Waals surface area contributed by atoms with Gasteiger partial charge in [-0.3, -0.25) is 0 Å². The number of rotatable bonds is 6. The summed E-state index contributed by atoms with van der Waals surface area (Å²) < 4.78 is 0. The highest BCUT2D eigenvalue weighted by atomic mass is 15.1. The van der Waals surface area contributed by atoms with Crippen molar-refractivity contribution in [3.05, 3.63) is 0 Å². The van der Waals surface area contributed by atoms with Gasteiger partial charge in [0.1, 0.15) is 0 Å². The molecule has 1 unspecified atom stereocenters. The lowest BCUT2D eigenvalue weighted by atomic mass is 9.96. The van der Waals surface area contributed by atoms with Gasteiger partial charge in [0.25, 0.3) is 0 Å². The van der Waals surface area contributed by atoms with E-state index in [2.05, 4.69) is 58.9 Å². The van der Waals surface area contributed by atoms with E-state index in [0.29, 0.717) is 11.5 Å². The lowest BCUT2D eigenvalue weighted by Gasteiger charge is -2.28. The van der Waals surface area contributed by atoms with Gasteiger partial charge in [0.05, 0.1) is 0 Å². The minimum Gasteiger partial charge on any atom is -0.315 e. The highest BCUT2D eigenvalue weighted by Crippen LogP contribution is 2.12. The Morgan fingerprint density at radius 2 is 1.67 bits per heavy atom. The molecule has 0 aromatic rings. The van der Waals surface area contributed by atoms with Crippen LogP contribution in [0.15, 0.2) is 0 Å². The summed E-state index contributed by atoms with van der Waals surface area (Å²) in [6, 6.07) is 0.660. The van der Waals surface area contributed by atoms with Crippen LogP contribution in [0.1, 0.15) is 41.0 Å². The standard InChI is InChI=1S/C13H30N2/c1-11(2)8-12(15(6)7)9-14-10-13(3,4)5/h11-12,14H,8-10H2,1-7H3. The Kier molecular flexibility index (Phi) is 6.46. The minimum atomic E-state index is 0.384. The Bertz CT molecular complexity index is 156. The summed E-state index contributed by atoms with van der Waals surface area (Å²) in [6.45, 7) is 13.6. The number of hydrogen-bond acceptors (Lipinski definition) is 2. The third-order valence-corrected chi connectivity index (χ3v) is 2.51. The summed E-state index contributed by atoms with van der Waals surface area (Å²) in [6.07, 6.45) is 1.27. The molecule has 0 saturated carbocycles. The highest BCUT2D eigenvalue weighted by molar-refractivity contribution is 4.73. The first-order valence-electron chi connectivity index (χ1n) is 6.09. The molecule has 0 amide bonds. The fraction of sp³-hybridized carbons (Fsp3) is 1.00. The highest BCUT2D eigenvalue weighted by Gasteiger charge is 2.15. The van der Waals surface area contributed by atoms with E-state index in [4.69, 9.17) is 0 Å². The van der Waals surface area contributed by atoms with Gasteiger partial charge in [-0.25, -0.2) is 0 Å². The zero-order chi connectivity index (χ0) is 12.1. The van der Waals surface area contributed by atoms with E-state index < -0.39 is 0 Å². The van der Waals surface area contributed by atoms with Gasteiger partial charge < -0.3 is 10.2 Å². The van der Waals surface area contributed by atoms with E-state index in [1.54, 1.807) is 0 Å². The molecular weight excluding hydrogens is 184 g/mol. The Labute approximate surface area is 96.4 Å². The predicted molar refractivity (Wildman–Crippen MR) is 69.3 cm³/mol. The monoisotopic (exact) mass is 214 g/mol. The van der Waals surface area contributed by atoms with E-state index in [0.717, 1.165) is 19.0 Å². The van der Waals surface area contributed by atoms with Crippen molar-refractivity contribution in [1.82, 2.24) is 10.2 Å². The summed E-state index contributed by atoms with van der Waals surface area (Å²) in [4.78, 5) is 2.33. The fourth-order valence-electron chi connectivity index (χ4n) is 1.63. The van der Waals surface area contributed by atoms with Crippen LogP contribution in [0.5, 0.6) is 0 Å². The maximum atomic E-state index is 3.57. The smallest absolute Gasteiger partial charge is 0.0216 e. The summed E-state index contributed by atoms with van der Waals surface area (Å²) in [5.74, 6) is 0.772. The first kappa shape index (κ1) is 14.9. The summed E-state index contributed by atoms with van der Waals surface area (Å²) in [7, 11) is 4.34. The van der Waals surface area contributed by atoms with Gasteiger partial charge in [-0.2, -0.15) is 0 Å². The number of nitrogens with one attached hydrogen (secondary N) is 1. The van der Waals surface area contributed by atoms with Gasteiger partial charge in [-0.15, -0.1) is 0 Å². The summed E-state index contributed by atoms with van der Waals surface area (Å²) >= 11 is 0. The molecule has 0 spiro atoms. The second-order valence-corrected chi connectivity index (χ2v) is 6.44. The van der Waals surface area contributed by atoms with Crippen LogP contribution in [0.4, 0.5) is 0 Å². The quantitative estimate of drug-likeness (QED) is 0.731.